The highest BCUT2D eigenvalue weighted by molar-refractivity contribution is 9.10. The van der Waals surface area contributed by atoms with Crippen LogP contribution in [0.1, 0.15) is 18.5 Å². The maximum Gasteiger partial charge on any atom is 0.119 e. The summed E-state index contributed by atoms with van der Waals surface area (Å²) in [6, 6.07) is 14.8. The Morgan fingerprint density at radius 1 is 1.20 bits per heavy atom. The molecule has 20 heavy (non-hydrogen) atoms. The summed E-state index contributed by atoms with van der Waals surface area (Å²) in [7, 11) is 3.67. The van der Waals surface area contributed by atoms with Crippen molar-refractivity contribution in [3.63, 3.8) is 0 Å². The number of benzene rings is 2. The van der Waals surface area contributed by atoms with Crippen molar-refractivity contribution in [3.8, 4) is 5.75 Å². The minimum atomic E-state index is 0.306. The second kappa shape index (κ2) is 7.16. The van der Waals surface area contributed by atoms with Crippen molar-refractivity contribution in [2.45, 2.75) is 22.8 Å². The van der Waals surface area contributed by atoms with Gasteiger partial charge in [0.2, 0.25) is 0 Å². The van der Waals surface area contributed by atoms with E-state index in [0.717, 1.165) is 10.2 Å². The van der Waals surface area contributed by atoms with Crippen LogP contribution in [0, 0.1) is 0 Å². The molecule has 0 bridgehead atoms. The van der Waals surface area contributed by atoms with E-state index in [1.807, 2.05) is 19.2 Å². The fourth-order valence-corrected chi connectivity index (χ4v) is 3.34. The maximum atomic E-state index is 5.28. The standard InChI is InChI=1S/C16H18BrNOS/c1-11(18-2)15-9-12(17)7-8-16(15)20-14-6-4-5-13(10-14)19-3/h4-11,18H,1-3H3. The van der Waals surface area contributed by atoms with E-state index >= 15 is 0 Å². The molecule has 1 atom stereocenters. The summed E-state index contributed by atoms with van der Waals surface area (Å²) in [4.78, 5) is 2.43. The smallest absolute Gasteiger partial charge is 0.119 e. The predicted octanol–water partition coefficient (Wildman–Crippen LogP) is 4.89. The third-order valence-corrected chi connectivity index (χ3v) is 4.71. The van der Waals surface area contributed by atoms with Crippen LogP contribution in [0.2, 0.25) is 0 Å². The molecule has 0 aromatic heterocycles. The van der Waals surface area contributed by atoms with E-state index in [2.05, 4.69) is 58.5 Å². The summed E-state index contributed by atoms with van der Waals surface area (Å²) in [6.45, 7) is 2.16. The Labute approximate surface area is 133 Å². The van der Waals surface area contributed by atoms with Gasteiger partial charge in [0.15, 0.2) is 0 Å². The van der Waals surface area contributed by atoms with Crippen LogP contribution in [0.4, 0.5) is 0 Å². The Balaban J connectivity index is 2.32. The number of hydrogen-bond acceptors (Lipinski definition) is 3. The zero-order valence-corrected chi connectivity index (χ0v) is 14.2. The molecule has 0 spiro atoms. The second-order valence-corrected chi connectivity index (χ2v) is 6.50. The Kier molecular flexibility index (Phi) is 5.52. The largest absolute Gasteiger partial charge is 0.497 e. The van der Waals surface area contributed by atoms with Crippen LogP contribution >= 0.6 is 27.7 Å². The van der Waals surface area contributed by atoms with E-state index in [-0.39, 0.29) is 0 Å². The highest BCUT2D eigenvalue weighted by Gasteiger charge is 2.11. The monoisotopic (exact) mass is 351 g/mol. The number of methoxy groups -OCH3 is 1. The minimum absolute atomic E-state index is 0.306. The molecule has 2 aromatic carbocycles. The summed E-state index contributed by atoms with van der Waals surface area (Å²) in [5, 5.41) is 3.30. The van der Waals surface area contributed by atoms with Gasteiger partial charge in [0, 0.05) is 20.3 Å². The third-order valence-electron chi connectivity index (χ3n) is 3.14. The molecule has 0 aliphatic heterocycles. The Morgan fingerprint density at radius 2 is 2.00 bits per heavy atom. The molecule has 106 valence electrons. The number of ether oxygens (including phenoxy) is 1. The van der Waals surface area contributed by atoms with Crippen LogP contribution < -0.4 is 10.1 Å². The van der Waals surface area contributed by atoms with E-state index in [1.165, 1.54) is 15.4 Å². The second-order valence-electron chi connectivity index (χ2n) is 4.47. The van der Waals surface area contributed by atoms with Gasteiger partial charge >= 0.3 is 0 Å². The van der Waals surface area contributed by atoms with Gasteiger partial charge in [0.25, 0.3) is 0 Å². The molecule has 0 saturated heterocycles. The Bertz CT molecular complexity index is 588. The molecule has 1 N–H and O–H groups in total. The van der Waals surface area contributed by atoms with E-state index in [9.17, 15) is 0 Å². The van der Waals surface area contributed by atoms with Gasteiger partial charge in [0.05, 0.1) is 7.11 Å². The zero-order valence-electron chi connectivity index (χ0n) is 11.8. The molecule has 2 aromatic rings. The van der Waals surface area contributed by atoms with Crippen molar-refractivity contribution < 1.29 is 4.74 Å². The topological polar surface area (TPSA) is 21.3 Å². The average molecular weight is 352 g/mol. The van der Waals surface area contributed by atoms with E-state index < -0.39 is 0 Å². The molecule has 1 unspecified atom stereocenters. The molecule has 2 nitrogen and oxygen atoms in total. The van der Waals surface area contributed by atoms with Gasteiger partial charge in [-0.05, 0) is 55.9 Å². The fraction of sp³-hybridized carbons (Fsp3) is 0.250. The maximum absolute atomic E-state index is 5.28. The number of rotatable bonds is 5. The highest BCUT2D eigenvalue weighted by atomic mass is 79.9. The van der Waals surface area contributed by atoms with Crippen molar-refractivity contribution in [2.24, 2.45) is 0 Å². The molecule has 0 saturated carbocycles. The van der Waals surface area contributed by atoms with Crippen molar-refractivity contribution in [2.75, 3.05) is 14.2 Å². The lowest BCUT2D eigenvalue weighted by molar-refractivity contribution is 0.413. The number of nitrogens with one attached hydrogen (secondary N) is 1. The molecule has 0 heterocycles. The quantitative estimate of drug-likeness (QED) is 0.828. The van der Waals surface area contributed by atoms with Crippen LogP contribution in [0.15, 0.2) is 56.7 Å². The first kappa shape index (κ1) is 15.4. The molecule has 4 heteroatoms. The van der Waals surface area contributed by atoms with Crippen molar-refractivity contribution in [1.29, 1.82) is 0 Å². The van der Waals surface area contributed by atoms with Gasteiger partial charge < -0.3 is 10.1 Å². The van der Waals surface area contributed by atoms with E-state index in [4.69, 9.17) is 4.74 Å². The normalized spacial score (nSPS) is 12.2. The molecule has 0 amide bonds. The zero-order chi connectivity index (χ0) is 14.5. The van der Waals surface area contributed by atoms with Crippen LogP contribution in [0.25, 0.3) is 0 Å². The number of halogens is 1. The van der Waals surface area contributed by atoms with Crippen molar-refractivity contribution >= 4 is 27.7 Å². The predicted molar refractivity (Wildman–Crippen MR) is 88.7 cm³/mol. The molecule has 0 fully saturated rings. The lowest BCUT2D eigenvalue weighted by Crippen LogP contribution is -2.13. The first-order valence-electron chi connectivity index (χ1n) is 6.42. The van der Waals surface area contributed by atoms with Crippen LogP contribution in [0.5, 0.6) is 5.75 Å². The van der Waals surface area contributed by atoms with Crippen molar-refractivity contribution in [3.05, 3.63) is 52.5 Å². The third kappa shape index (κ3) is 3.78. The summed E-state index contributed by atoms with van der Waals surface area (Å²) in [5.41, 5.74) is 1.29. The van der Waals surface area contributed by atoms with E-state index in [1.54, 1.807) is 18.9 Å². The first-order valence-corrected chi connectivity index (χ1v) is 8.03. The first-order chi connectivity index (χ1) is 9.63. The van der Waals surface area contributed by atoms with Gasteiger partial charge in [-0.3, -0.25) is 0 Å². The Hall–Kier alpha value is -0.970. The van der Waals surface area contributed by atoms with Crippen LogP contribution in [-0.4, -0.2) is 14.2 Å². The fourth-order valence-electron chi connectivity index (χ4n) is 1.90. The lowest BCUT2D eigenvalue weighted by Gasteiger charge is -2.16. The van der Waals surface area contributed by atoms with Gasteiger partial charge in [-0.25, -0.2) is 0 Å². The molecule has 2 rings (SSSR count). The highest BCUT2D eigenvalue weighted by Crippen LogP contribution is 2.36. The Morgan fingerprint density at radius 3 is 2.70 bits per heavy atom. The van der Waals surface area contributed by atoms with Gasteiger partial charge in [0.1, 0.15) is 5.75 Å². The SMILES string of the molecule is CNC(C)c1cc(Br)ccc1Sc1cccc(OC)c1. The average Bonchev–Trinajstić information content (AvgIpc) is 2.48. The van der Waals surface area contributed by atoms with Crippen LogP contribution in [-0.2, 0) is 0 Å². The summed E-state index contributed by atoms with van der Waals surface area (Å²) in [5.74, 6) is 0.885. The summed E-state index contributed by atoms with van der Waals surface area (Å²) in [6.07, 6.45) is 0. The lowest BCUT2D eigenvalue weighted by atomic mass is 10.1. The molecular formula is C16H18BrNOS. The summed E-state index contributed by atoms with van der Waals surface area (Å²) >= 11 is 5.30. The summed E-state index contributed by atoms with van der Waals surface area (Å²) < 4.78 is 6.38. The minimum Gasteiger partial charge on any atom is -0.497 e. The number of hydrogen-bond donors (Lipinski definition) is 1. The molecule has 0 radical (unpaired) electrons. The molecule has 0 aliphatic rings. The van der Waals surface area contributed by atoms with Gasteiger partial charge in [-0.2, -0.15) is 0 Å². The van der Waals surface area contributed by atoms with Crippen LogP contribution in [0.3, 0.4) is 0 Å². The molecular weight excluding hydrogens is 334 g/mol. The van der Waals surface area contributed by atoms with Crippen molar-refractivity contribution in [1.82, 2.24) is 5.32 Å². The van der Waals surface area contributed by atoms with Gasteiger partial charge in [-0.15, -0.1) is 0 Å². The van der Waals surface area contributed by atoms with Gasteiger partial charge in [-0.1, -0.05) is 33.8 Å². The van der Waals surface area contributed by atoms with E-state index in [0.29, 0.717) is 6.04 Å². The molecule has 0 aliphatic carbocycles.